The van der Waals surface area contributed by atoms with Crippen molar-refractivity contribution in [3.63, 3.8) is 0 Å². The minimum atomic E-state index is 0.534. The minimum absolute atomic E-state index is 0.534. The molecule has 0 bridgehead atoms. The van der Waals surface area contributed by atoms with Gasteiger partial charge in [-0.25, -0.2) is 9.97 Å². The largest absolute Gasteiger partial charge is 0.497 e. The Morgan fingerprint density at radius 2 is 1.65 bits per heavy atom. The molecule has 0 fully saturated rings. The second kappa shape index (κ2) is 6.48. The maximum atomic E-state index is 6.19. The third-order valence-electron chi connectivity index (χ3n) is 3.82. The van der Waals surface area contributed by atoms with E-state index in [2.05, 4.69) is 9.97 Å². The smallest absolute Gasteiger partial charge is 0.161 e. The number of nitrogens with zero attached hydrogens (tertiary/aromatic N) is 2. The second-order valence-electron chi connectivity index (χ2n) is 5.39. The lowest BCUT2D eigenvalue weighted by molar-refractivity contribution is 0.414. The summed E-state index contributed by atoms with van der Waals surface area (Å²) < 4.78 is 5.18. The summed E-state index contributed by atoms with van der Waals surface area (Å²) in [5.74, 6) is 2.04. The predicted octanol–water partition coefficient (Wildman–Crippen LogP) is 3.63. The summed E-state index contributed by atoms with van der Waals surface area (Å²) in [5, 5.41) is 0. The molecule has 0 radical (unpaired) electrons. The van der Waals surface area contributed by atoms with Crippen molar-refractivity contribution >= 4 is 5.82 Å². The first-order valence-electron chi connectivity index (χ1n) is 7.48. The Kier molecular flexibility index (Phi) is 4.24. The zero-order valence-electron chi connectivity index (χ0n) is 13.3. The van der Waals surface area contributed by atoms with E-state index in [4.69, 9.17) is 10.5 Å². The van der Waals surface area contributed by atoms with Crippen LogP contribution >= 0.6 is 0 Å². The SMILES string of the molecule is COc1ccc(Cc2c(C)nc(-c3ccccc3)nc2N)cc1. The number of nitrogens with two attached hydrogens (primary N) is 1. The Hall–Kier alpha value is -2.88. The van der Waals surface area contributed by atoms with E-state index in [1.54, 1.807) is 7.11 Å². The first-order valence-corrected chi connectivity index (χ1v) is 7.48. The number of aryl methyl sites for hydroxylation is 1. The van der Waals surface area contributed by atoms with Crippen LogP contribution < -0.4 is 10.5 Å². The molecule has 2 N–H and O–H groups in total. The Labute approximate surface area is 136 Å². The number of ether oxygens (including phenoxy) is 1. The highest BCUT2D eigenvalue weighted by Gasteiger charge is 2.11. The van der Waals surface area contributed by atoms with Crippen LogP contribution in [0.25, 0.3) is 11.4 Å². The summed E-state index contributed by atoms with van der Waals surface area (Å²) in [4.78, 5) is 9.09. The third-order valence-corrected chi connectivity index (χ3v) is 3.82. The summed E-state index contributed by atoms with van der Waals surface area (Å²) in [6.07, 6.45) is 0.705. The number of rotatable bonds is 4. The van der Waals surface area contributed by atoms with Crippen molar-refractivity contribution < 1.29 is 4.74 Å². The minimum Gasteiger partial charge on any atom is -0.497 e. The molecule has 0 amide bonds. The molecule has 4 nitrogen and oxygen atoms in total. The van der Waals surface area contributed by atoms with E-state index in [0.29, 0.717) is 18.1 Å². The van der Waals surface area contributed by atoms with Crippen LogP contribution in [-0.2, 0) is 6.42 Å². The van der Waals surface area contributed by atoms with E-state index in [-0.39, 0.29) is 0 Å². The summed E-state index contributed by atoms with van der Waals surface area (Å²) in [7, 11) is 1.66. The molecule has 0 unspecified atom stereocenters. The van der Waals surface area contributed by atoms with Crippen LogP contribution in [0.5, 0.6) is 5.75 Å². The highest BCUT2D eigenvalue weighted by molar-refractivity contribution is 5.59. The van der Waals surface area contributed by atoms with Crippen LogP contribution in [0.15, 0.2) is 54.6 Å². The maximum Gasteiger partial charge on any atom is 0.161 e. The monoisotopic (exact) mass is 305 g/mol. The van der Waals surface area contributed by atoms with Gasteiger partial charge in [0, 0.05) is 23.2 Å². The third kappa shape index (κ3) is 3.31. The Bertz CT molecular complexity index is 776. The van der Waals surface area contributed by atoms with Crippen molar-refractivity contribution in [1.29, 1.82) is 0 Å². The highest BCUT2D eigenvalue weighted by atomic mass is 16.5. The van der Waals surface area contributed by atoms with Crippen LogP contribution in [0.3, 0.4) is 0 Å². The van der Waals surface area contributed by atoms with Crippen LogP contribution in [-0.4, -0.2) is 17.1 Å². The highest BCUT2D eigenvalue weighted by Crippen LogP contribution is 2.23. The molecular formula is C19H19N3O. The van der Waals surface area contributed by atoms with E-state index in [1.807, 2.05) is 61.5 Å². The van der Waals surface area contributed by atoms with Crippen molar-refractivity contribution in [2.24, 2.45) is 0 Å². The number of anilines is 1. The topological polar surface area (TPSA) is 61.0 Å². The molecule has 0 aliphatic rings. The van der Waals surface area contributed by atoms with Gasteiger partial charge in [-0.15, -0.1) is 0 Å². The van der Waals surface area contributed by atoms with Gasteiger partial charge in [0.05, 0.1) is 7.11 Å². The van der Waals surface area contributed by atoms with E-state index >= 15 is 0 Å². The Balaban J connectivity index is 1.91. The molecule has 3 aromatic rings. The standard InChI is InChI=1S/C19H19N3O/c1-13-17(12-14-8-10-16(23-2)11-9-14)18(20)22-19(21-13)15-6-4-3-5-7-15/h3-11H,12H2,1-2H3,(H2,20,21,22). The van der Waals surface area contributed by atoms with Crippen molar-refractivity contribution in [2.45, 2.75) is 13.3 Å². The first-order chi connectivity index (χ1) is 11.2. The van der Waals surface area contributed by atoms with Crippen molar-refractivity contribution in [3.8, 4) is 17.1 Å². The molecule has 0 aliphatic carbocycles. The number of methoxy groups -OCH3 is 1. The van der Waals surface area contributed by atoms with Crippen molar-refractivity contribution in [2.75, 3.05) is 12.8 Å². The molecule has 1 aromatic heterocycles. The summed E-state index contributed by atoms with van der Waals surface area (Å²) in [5.41, 5.74) is 10.2. The van der Waals surface area contributed by atoms with Gasteiger partial charge >= 0.3 is 0 Å². The molecule has 4 heteroatoms. The average molecular weight is 305 g/mol. The van der Waals surface area contributed by atoms with E-state index in [9.17, 15) is 0 Å². The molecule has 0 atom stereocenters. The number of benzene rings is 2. The fraction of sp³-hybridized carbons (Fsp3) is 0.158. The molecule has 0 spiro atoms. The van der Waals surface area contributed by atoms with E-state index in [1.165, 1.54) is 0 Å². The lowest BCUT2D eigenvalue weighted by Crippen LogP contribution is -2.06. The molecule has 1 heterocycles. The van der Waals surface area contributed by atoms with Crippen LogP contribution in [0.4, 0.5) is 5.82 Å². The van der Waals surface area contributed by atoms with Crippen molar-refractivity contribution in [1.82, 2.24) is 9.97 Å². The van der Waals surface area contributed by atoms with Gasteiger partial charge in [-0.1, -0.05) is 42.5 Å². The maximum absolute atomic E-state index is 6.19. The van der Waals surface area contributed by atoms with Crippen LogP contribution in [0.2, 0.25) is 0 Å². The second-order valence-corrected chi connectivity index (χ2v) is 5.39. The molecule has 0 aliphatic heterocycles. The normalized spacial score (nSPS) is 10.5. The summed E-state index contributed by atoms with van der Waals surface area (Å²) in [6.45, 7) is 1.98. The lowest BCUT2D eigenvalue weighted by Gasteiger charge is -2.11. The molecular weight excluding hydrogens is 286 g/mol. The van der Waals surface area contributed by atoms with Crippen molar-refractivity contribution in [3.05, 3.63) is 71.4 Å². The molecule has 0 saturated heterocycles. The number of hydrogen-bond donors (Lipinski definition) is 1. The van der Waals surface area contributed by atoms with Gasteiger partial charge in [-0.05, 0) is 24.6 Å². The van der Waals surface area contributed by atoms with Gasteiger partial charge in [-0.2, -0.15) is 0 Å². The lowest BCUT2D eigenvalue weighted by atomic mass is 10.0. The van der Waals surface area contributed by atoms with Crippen LogP contribution in [0, 0.1) is 6.92 Å². The van der Waals surface area contributed by atoms with E-state index in [0.717, 1.165) is 28.1 Å². The Morgan fingerprint density at radius 3 is 2.26 bits per heavy atom. The number of nitrogen functional groups attached to an aromatic ring is 1. The van der Waals surface area contributed by atoms with Gasteiger partial charge < -0.3 is 10.5 Å². The van der Waals surface area contributed by atoms with Gasteiger partial charge in [-0.3, -0.25) is 0 Å². The number of aromatic nitrogens is 2. The summed E-state index contributed by atoms with van der Waals surface area (Å²) in [6, 6.07) is 17.8. The van der Waals surface area contributed by atoms with Crippen LogP contribution in [0.1, 0.15) is 16.8 Å². The van der Waals surface area contributed by atoms with Gasteiger partial charge in [0.1, 0.15) is 11.6 Å². The quantitative estimate of drug-likeness (QED) is 0.799. The molecule has 0 saturated carbocycles. The fourth-order valence-corrected chi connectivity index (χ4v) is 2.50. The zero-order valence-corrected chi connectivity index (χ0v) is 13.3. The van der Waals surface area contributed by atoms with Gasteiger partial charge in [0.25, 0.3) is 0 Å². The molecule has 2 aromatic carbocycles. The predicted molar refractivity (Wildman–Crippen MR) is 92.4 cm³/mol. The Morgan fingerprint density at radius 1 is 0.957 bits per heavy atom. The number of hydrogen-bond acceptors (Lipinski definition) is 4. The first kappa shape index (κ1) is 15.0. The average Bonchev–Trinajstić information content (AvgIpc) is 2.59. The molecule has 3 rings (SSSR count). The summed E-state index contributed by atoms with van der Waals surface area (Å²) >= 11 is 0. The molecule has 23 heavy (non-hydrogen) atoms. The van der Waals surface area contributed by atoms with Gasteiger partial charge in [0.2, 0.25) is 0 Å². The van der Waals surface area contributed by atoms with E-state index < -0.39 is 0 Å². The van der Waals surface area contributed by atoms with Gasteiger partial charge in [0.15, 0.2) is 5.82 Å². The zero-order chi connectivity index (χ0) is 16.2. The fourth-order valence-electron chi connectivity index (χ4n) is 2.50. The molecule has 116 valence electrons.